The van der Waals surface area contributed by atoms with Crippen LogP contribution in [0.25, 0.3) is 0 Å². The molecule has 4 nitrogen and oxygen atoms in total. The van der Waals surface area contributed by atoms with Crippen LogP contribution in [-0.2, 0) is 0 Å². The molecule has 0 spiro atoms. The molecule has 1 saturated carbocycles. The minimum Gasteiger partial charge on any atom is -0.362 e. The normalized spacial score (nSPS) is 32.5. The highest BCUT2D eigenvalue weighted by Crippen LogP contribution is 2.47. The summed E-state index contributed by atoms with van der Waals surface area (Å²) in [5, 5.41) is 23.0. The summed E-state index contributed by atoms with van der Waals surface area (Å²) in [5.41, 5.74) is -2.63. The lowest BCUT2D eigenvalue weighted by Crippen LogP contribution is -2.59. The first-order valence-corrected chi connectivity index (χ1v) is 5.92. The Bertz CT molecular complexity index is 401. The van der Waals surface area contributed by atoms with Crippen molar-refractivity contribution in [3.8, 4) is 6.07 Å². The van der Waals surface area contributed by atoms with Gasteiger partial charge in [-0.15, -0.1) is 0 Å². The van der Waals surface area contributed by atoms with E-state index in [4.69, 9.17) is 5.26 Å². The van der Waals surface area contributed by atoms with Crippen LogP contribution >= 0.6 is 0 Å². The summed E-state index contributed by atoms with van der Waals surface area (Å²) in [5.74, 6) is -1.03. The highest BCUT2D eigenvalue weighted by molar-refractivity contribution is 5.89. The maximum Gasteiger partial charge on any atom is 0.438 e. The van der Waals surface area contributed by atoms with Crippen molar-refractivity contribution < 1.29 is 18.3 Å². The number of fused-ring (bicyclic) bond motifs is 1. The van der Waals surface area contributed by atoms with Crippen LogP contribution in [0.1, 0.15) is 32.1 Å². The Morgan fingerprint density at radius 2 is 2.17 bits per heavy atom. The lowest BCUT2D eigenvalue weighted by Gasteiger charge is -2.37. The van der Waals surface area contributed by atoms with Gasteiger partial charge in [0.1, 0.15) is 6.54 Å². The molecule has 0 unspecified atom stereocenters. The number of aliphatic hydroxyl groups is 1. The van der Waals surface area contributed by atoms with Gasteiger partial charge in [-0.1, -0.05) is 12.8 Å². The molecular weight excluding hydrogens is 247 g/mol. The number of rotatable bonds is 1. The first-order chi connectivity index (χ1) is 8.41. The highest BCUT2D eigenvalue weighted by Gasteiger charge is 2.66. The molecule has 18 heavy (non-hydrogen) atoms. The molecule has 0 aromatic heterocycles. The van der Waals surface area contributed by atoms with Gasteiger partial charge in [0, 0.05) is 5.71 Å². The molecule has 100 valence electrons. The predicted molar refractivity (Wildman–Crippen MR) is 57.3 cm³/mol. The van der Waals surface area contributed by atoms with Crippen LogP contribution in [-0.4, -0.2) is 34.3 Å². The van der Waals surface area contributed by atoms with Crippen LogP contribution < -0.4 is 0 Å². The van der Waals surface area contributed by atoms with Crippen molar-refractivity contribution in [2.24, 2.45) is 11.0 Å². The van der Waals surface area contributed by atoms with E-state index in [9.17, 15) is 18.3 Å². The Morgan fingerprint density at radius 3 is 2.78 bits per heavy atom. The molecule has 0 amide bonds. The third-order valence-electron chi connectivity index (χ3n) is 3.59. The molecule has 0 saturated heterocycles. The summed E-state index contributed by atoms with van der Waals surface area (Å²) in [6.07, 6.45) is -1.82. The molecule has 2 aliphatic rings. The van der Waals surface area contributed by atoms with E-state index in [1.807, 2.05) is 0 Å². The minimum absolute atomic E-state index is 0.261. The second kappa shape index (κ2) is 4.43. The van der Waals surface area contributed by atoms with Gasteiger partial charge in [-0.05, 0) is 19.3 Å². The van der Waals surface area contributed by atoms with Crippen LogP contribution in [0, 0.1) is 17.2 Å². The van der Waals surface area contributed by atoms with E-state index in [0.717, 1.165) is 12.8 Å². The minimum atomic E-state index is -4.82. The van der Waals surface area contributed by atoms with Crippen LogP contribution in [0.3, 0.4) is 0 Å². The van der Waals surface area contributed by atoms with E-state index in [2.05, 4.69) is 5.10 Å². The molecule has 0 aromatic rings. The van der Waals surface area contributed by atoms with Crippen molar-refractivity contribution in [1.29, 1.82) is 5.26 Å². The van der Waals surface area contributed by atoms with Crippen LogP contribution in [0.4, 0.5) is 13.2 Å². The summed E-state index contributed by atoms with van der Waals surface area (Å²) in [6, 6.07) is 1.62. The fourth-order valence-electron chi connectivity index (χ4n) is 2.70. The Kier molecular flexibility index (Phi) is 3.23. The average Bonchev–Trinajstić information content (AvgIpc) is 2.47. The number of nitriles is 1. The number of hydrogen-bond donors (Lipinski definition) is 1. The standard InChI is InChI=1S/C11H14F3N3O/c12-11(13,14)10(18)8-4-2-1-3-5-9(8)16-17(10)7-6-15/h8,18H,1-5,7H2/t8-,10+/m1/s1. The van der Waals surface area contributed by atoms with Crippen LogP contribution in [0.5, 0.6) is 0 Å². The van der Waals surface area contributed by atoms with Crippen molar-refractivity contribution >= 4 is 5.71 Å². The van der Waals surface area contributed by atoms with Crippen molar-refractivity contribution in [3.63, 3.8) is 0 Å². The van der Waals surface area contributed by atoms with E-state index in [1.54, 1.807) is 6.07 Å². The largest absolute Gasteiger partial charge is 0.438 e. The van der Waals surface area contributed by atoms with Crippen molar-refractivity contribution in [1.82, 2.24) is 5.01 Å². The smallest absolute Gasteiger partial charge is 0.362 e. The van der Waals surface area contributed by atoms with Gasteiger partial charge in [0.2, 0.25) is 0 Å². The lowest BCUT2D eigenvalue weighted by molar-refractivity contribution is -0.321. The molecule has 1 aliphatic heterocycles. The molecular formula is C11H14F3N3O. The first kappa shape index (κ1) is 13.1. The molecule has 2 atom stereocenters. The molecule has 0 aromatic carbocycles. The van der Waals surface area contributed by atoms with Gasteiger partial charge in [-0.2, -0.15) is 23.5 Å². The summed E-state index contributed by atoms with van der Waals surface area (Å²) in [7, 11) is 0. The van der Waals surface area contributed by atoms with Gasteiger partial charge in [0.25, 0.3) is 5.72 Å². The quantitative estimate of drug-likeness (QED) is 0.734. The van der Waals surface area contributed by atoms with E-state index in [-0.39, 0.29) is 6.42 Å². The second-order valence-electron chi connectivity index (χ2n) is 4.68. The zero-order valence-electron chi connectivity index (χ0n) is 9.74. The molecule has 1 fully saturated rings. The summed E-state index contributed by atoms with van der Waals surface area (Å²) in [4.78, 5) is 0. The summed E-state index contributed by atoms with van der Waals surface area (Å²) in [6.45, 7) is -0.560. The van der Waals surface area contributed by atoms with E-state index < -0.39 is 24.4 Å². The highest BCUT2D eigenvalue weighted by atomic mass is 19.4. The molecule has 0 bridgehead atoms. The predicted octanol–water partition coefficient (Wildman–Crippen LogP) is 2.01. The molecule has 0 radical (unpaired) electrons. The fourth-order valence-corrected chi connectivity index (χ4v) is 2.70. The third-order valence-corrected chi connectivity index (χ3v) is 3.59. The Hall–Kier alpha value is -1.29. The molecule has 1 N–H and O–H groups in total. The molecule has 1 heterocycles. The SMILES string of the molecule is N#CCN1N=C2CCCCC[C@H]2[C@]1(O)C(F)(F)F. The Morgan fingerprint density at radius 1 is 1.44 bits per heavy atom. The maximum absolute atomic E-state index is 13.1. The van der Waals surface area contributed by atoms with E-state index in [1.165, 1.54) is 0 Å². The number of hydrazone groups is 1. The second-order valence-corrected chi connectivity index (χ2v) is 4.68. The first-order valence-electron chi connectivity index (χ1n) is 5.92. The van der Waals surface area contributed by atoms with Crippen LogP contribution in [0.2, 0.25) is 0 Å². The summed E-state index contributed by atoms with van der Waals surface area (Å²) < 4.78 is 39.4. The molecule has 2 rings (SSSR count). The van der Waals surface area contributed by atoms with Gasteiger partial charge < -0.3 is 5.11 Å². The number of hydrogen-bond acceptors (Lipinski definition) is 4. The van der Waals surface area contributed by atoms with Crippen LogP contribution in [0.15, 0.2) is 5.10 Å². The van der Waals surface area contributed by atoms with E-state index in [0.29, 0.717) is 23.6 Å². The van der Waals surface area contributed by atoms with Crippen molar-refractivity contribution in [2.75, 3.05) is 6.54 Å². The topological polar surface area (TPSA) is 59.6 Å². The molecule has 7 heteroatoms. The zero-order chi connectivity index (χ0) is 13.4. The Balaban J connectivity index is 2.39. The number of nitrogens with zero attached hydrogens (tertiary/aromatic N) is 3. The van der Waals surface area contributed by atoms with Gasteiger partial charge in [0.05, 0.1) is 12.0 Å². The number of halogens is 3. The third kappa shape index (κ3) is 1.85. The van der Waals surface area contributed by atoms with Crippen molar-refractivity contribution in [2.45, 2.75) is 44.0 Å². The maximum atomic E-state index is 13.1. The monoisotopic (exact) mass is 261 g/mol. The fraction of sp³-hybridized carbons (Fsp3) is 0.818. The van der Waals surface area contributed by atoms with Crippen molar-refractivity contribution in [3.05, 3.63) is 0 Å². The van der Waals surface area contributed by atoms with Gasteiger partial charge in [0.15, 0.2) is 0 Å². The Labute approximate surface area is 103 Å². The van der Waals surface area contributed by atoms with Gasteiger partial charge in [-0.25, -0.2) is 5.01 Å². The molecule has 1 aliphatic carbocycles. The summed E-state index contributed by atoms with van der Waals surface area (Å²) >= 11 is 0. The van der Waals surface area contributed by atoms with E-state index >= 15 is 0 Å². The number of alkyl halides is 3. The average molecular weight is 261 g/mol. The van der Waals surface area contributed by atoms with Gasteiger partial charge >= 0.3 is 6.18 Å². The lowest BCUT2D eigenvalue weighted by atomic mass is 9.87. The zero-order valence-corrected chi connectivity index (χ0v) is 9.74. The van der Waals surface area contributed by atoms with Gasteiger partial charge in [-0.3, -0.25) is 0 Å².